The highest BCUT2D eigenvalue weighted by molar-refractivity contribution is 6.67. The number of hydrogen-bond donors (Lipinski definition) is 4. The maximum absolute atomic E-state index is 14.3. The number of carbonyl (C=O) groups is 5. The maximum atomic E-state index is 14.3. The van der Waals surface area contributed by atoms with Crippen LogP contribution in [0.3, 0.4) is 0 Å². The molecule has 0 spiro atoms. The third-order valence-corrected chi connectivity index (χ3v) is 8.60. The molecule has 3 aromatic rings. The average Bonchev–Trinajstić information content (AvgIpc) is 3.19. The lowest BCUT2D eigenvalue weighted by atomic mass is 10.0. The van der Waals surface area contributed by atoms with Crippen LogP contribution in [0.4, 0.5) is 4.79 Å². The van der Waals surface area contributed by atoms with Gasteiger partial charge in [0.25, 0.3) is 11.8 Å². The van der Waals surface area contributed by atoms with Crippen molar-refractivity contribution in [2.45, 2.75) is 68.2 Å². The number of halogens is 3. The van der Waals surface area contributed by atoms with Crippen LogP contribution in [0.1, 0.15) is 43.9 Å². The molecule has 3 rings (SSSR count). The van der Waals surface area contributed by atoms with Gasteiger partial charge in [0.05, 0.1) is 6.10 Å². The molecular formula is C41H49Cl3N4O10. The molecule has 0 fully saturated rings. The first-order chi connectivity index (χ1) is 27.5. The van der Waals surface area contributed by atoms with Gasteiger partial charge in [-0.05, 0) is 54.2 Å². The normalized spacial score (nSPS) is 13.7. The third-order valence-electron chi connectivity index (χ3n) is 8.28. The number of nitrogens with one attached hydrogen (secondary N) is 3. The van der Waals surface area contributed by atoms with Gasteiger partial charge in [-0.2, -0.15) is 0 Å². The van der Waals surface area contributed by atoms with E-state index < -0.39 is 64.4 Å². The fourth-order valence-electron chi connectivity index (χ4n) is 5.37. The number of nitrogens with zero attached hydrogens (tertiary/aromatic N) is 1. The molecule has 17 heteroatoms. The molecule has 0 aliphatic carbocycles. The Morgan fingerprint density at radius 3 is 1.97 bits per heavy atom. The molecule has 4 N–H and O–H groups in total. The molecule has 0 radical (unpaired) electrons. The Kier molecular flexibility index (Phi) is 19.3. The summed E-state index contributed by atoms with van der Waals surface area (Å²) in [5.41, 5.74) is 1.58. The highest BCUT2D eigenvalue weighted by Gasteiger charge is 2.35. The fourth-order valence-corrected chi connectivity index (χ4v) is 5.54. The summed E-state index contributed by atoms with van der Waals surface area (Å²) in [6.07, 6.45) is -0.897. The summed E-state index contributed by atoms with van der Waals surface area (Å²) in [5.74, 6) is -3.03. The largest absolute Gasteiger partial charge is 0.468 e. The zero-order chi connectivity index (χ0) is 42.8. The zero-order valence-corrected chi connectivity index (χ0v) is 35.1. The van der Waals surface area contributed by atoms with E-state index >= 15 is 0 Å². The lowest BCUT2D eigenvalue weighted by molar-refractivity contribution is -0.148. The first-order valence-corrected chi connectivity index (χ1v) is 19.4. The van der Waals surface area contributed by atoms with Crippen LogP contribution >= 0.6 is 34.8 Å². The molecule has 0 heterocycles. The number of benzene rings is 3. The van der Waals surface area contributed by atoms with E-state index in [1.165, 1.54) is 27.2 Å². The number of ether oxygens (including phenoxy) is 4. The molecule has 0 saturated heterocycles. The number of amides is 4. The summed E-state index contributed by atoms with van der Waals surface area (Å²) < 4.78 is 19.0. The quantitative estimate of drug-likeness (QED) is 0.0503. The van der Waals surface area contributed by atoms with Gasteiger partial charge in [0, 0.05) is 20.6 Å². The zero-order valence-electron chi connectivity index (χ0n) is 32.8. The van der Waals surface area contributed by atoms with Crippen molar-refractivity contribution in [3.8, 4) is 5.75 Å². The molecule has 0 aromatic heterocycles. The SMILES string of the molecule is COCOc1ccc(/C=C(\C(=O)N[C@@H](CC(C)C)C(=O)N[C@H](Cc2ccccc2)C(=O)OCC(Cl)(Cl)Cl)N(C)C(=O)[C@@H](NC(=O)OCc2ccccc2)[C@@H](C)O)cc1. The van der Waals surface area contributed by atoms with Crippen molar-refractivity contribution in [2.24, 2.45) is 5.92 Å². The van der Waals surface area contributed by atoms with E-state index in [0.717, 1.165) is 4.90 Å². The van der Waals surface area contributed by atoms with E-state index in [0.29, 0.717) is 22.4 Å². The van der Waals surface area contributed by atoms with Crippen LogP contribution in [0.15, 0.2) is 90.6 Å². The first-order valence-electron chi connectivity index (χ1n) is 18.2. The third kappa shape index (κ3) is 16.5. The van der Waals surface area contributed by atoms with Gasteiger partial charge in [-0.15, -0.1) is 0 Å². The smallest absolute Gasteiger partial charge is 0.408 e. The molecule has 4 amide bonds. The summed E-state index contributed by atoms with van der Waals surface area (Å²) in [6.45, 7) is 4.28. The summed E-state index contributed by atoms with van der Waals surface area (Å²) in [6, 6.07) is 20.1. The van der Waals surface area contributed by atoms with Crippen molar-refractivity contribution >= 4 is 70.7 Å². The molecule has 0 bridgehead atoms. The Hall–Kier alpha value is -4.86. The average molecular weight is 864 g/mol. The second kappa shape index (κ2) is 23.5. The monoisotopic (exact) mass is 862 g/mol. The minimum atomic E-state index is -1.90. The number of carbonyl (C=O) groups excluding carboxylic acids is 5. The minimum Gasteiger partial charge on any atom is -0.468 e. The van der Waals surface area contributed by atoms with Gasteiger partial charge in [0.15, 0.2) is 6.79 Å². The van der Waals surface area contributed by atoms with Gasteiger partial charge in [0.1, 0.15) is 42.8 Å². The van der Waals surface area contributed by atoms with E-state index in [1.807, 2.05) is 13.8 Å². The van der Waals surface area contributed by atoms with Gasteiger partial charge in [-0.25, -0.2) is 9.59 Å². The summed E-state index contributed by atoms with van der Waals surface area (Å²) in [4.78, 5) is 69.3. The van der Waals surface area contributed by atoms with E-state index in [-0.39, 0.29) is 37.9 Å². The molecule has 0 aliphatic rings. The maximum Gasteiger partial charge on any atom is 0.408 e. The van der Waals surface area contributed by atoms with Crippen LogP contribution < -0.4 is 20.7 Å². The predicted octanol–water partition coefficient (Wildman–Crippen LogP) is 5.32. The Morgan fingerprint density at radius 1 is 0.810 bits per heavy atom. The molecule has 0 saturated carbocycles. The van der Waals surface area contributed by atoms with Crippen molar-refractivity contribution in [2.75, 3.05) is 27.6 Å². The number of hydrogen-bond acceptors (Lipinski definition) is 10. The highest BCUT2D eigenvalue weighted by atomic mass is 35.6. The molecular weight excluding hydrogens is 815 g/mol. The van der Waals surface area contributed by atoms with Gasteiger partial charge < -0.3 is 44.9 Å². The Labute approximate surface area is 353 Å². The number of methoxy groups -OCH3 is 1. The molecule has 0 aliphatic heterocycles. The topological polar surface area (TPSA) is 182 Å². The predicted molar refractivity (Wildman–Crippen MR) is 220 cm³/mol. The fraction of sp³-hybridized carbons (Fsp3) is 0.390. The lowest BCUT2D eigenvalue weighted by Crippen LogP contribution is -2.56. The van der Waals surface area contributed by atoms with Crippen LogP contribution in [0.25, 0.3) is 6.08 Å². The summed E-state index contributed by atoms with van der Waals surface area (Å²) in [5, 5.41) is 18.4. The van der Waals surface area contributed by atoms with E-state index in [4.69, 9.17) is 53.8 Å². The Balaban J connectivity index is 1.94. The van der Waals surface area contributed by atoms with Crippen molar-refractivity contribution in [3.05, 3.63) is 107 Å². The van der Waals surface area contributed by atoms with Crippen LogP contribution in [-0.4, -0.2) is 95.4 Å². The molecule has 0 unspecified atom stereocenters. The highest BCUT2D eigenvalue weighted by Crippen LogP contribution is 2.26. The van der Waals surface area contributed by atoms with E-state index in [2.05, 4.69) is 16.0 Å². The van der Waals surface area contributed by atoms with Crippen LogP contribution in [0.5, 0.6) is 5.75 Å². The molecule has 314 valence electrons. The first kappa shape index (κ1) is 47.5. The van der Waals surface area contributed by atoms with Crippen molar-refractivity contribution < 1.29 is 48.0 Å². The van der Waals surface area contributed by atoms with Crippen LogP contribution in [0.2, 0.25) is 0 Å². The number of likely N-dealkylation sites (N-methyl/N-ethyl adjacent to an activating group) is 1. The van der Waals surface area contributed by atoms with Gasteiger partial charge in [0.2, 0.25) is 9.70 Å². The number of alkyl halides is 3. The van der Waals surface area contributed by atoms with Crippen molar-refractivity contribution in [3.63, 3.8) is 0 Å². The van der Waals surface area contributed by atoms with E-state index in [1.54, 1.807) is 84.9 Å². The van der Waals surface area contributed by atoms with Gasteiger partial charge in [-0.1, -0.05) is 121 Å². The van der Waals surface area contributed by atoms with Crippen LogP contribution in [0, 0.1) is 5.92 Å². The number of aliphatic hydroxyl groups excluding tert-OH is 1. The lowest BCUT2D eigenvalue weighted by Gasteiger charge is -2.29. The molecule has 4 atom stereocenters. The standard InChI is InChI=1S/C41H49Cl3N4O10/c1-26(2)20-32(36(50)46-33(21-28-12-8-6-9-13-28)39(53)57-24-41(42,43)44)45-37(51)34(22-29-16-18-31(19-17-29)58-25-55-5)48(4)38(52)35(27(3)49)47-40(54)56-23-30-14-10-7-11-15-30/h6-19,22,26-27,32-33,35,49H,20-21,23-25H2,1-5H3,(H,45,51)(H,46,50)(H,47,54)/b34-22+/t27-,32+,33-,35+/m1/s1. The van der Waals surface area contributed by atoms with Gasteiger partial charge >= 0.3 is 12.1 Å². The number of rotatable bonds is 20. The Bertz CT molecular complexity index is 1820. The molecule has 3 aromatic carbocycles. The minimum absolute atomic E-state index is 0.00225. The molecule has 58 heavy (non-hydrogen) atoms. The second-order valence-corrected chi connectivity index (χ2v) is 16.1. The number of esters is 1. The van der Waals surface area contributed by atoms with E-state index in [9.17, 15) is 29.1 Å². The van der Waals surface area contributed by atoms with Crippen molar-refractivity contribution in [1.29, 1.82) is 0 Å². The van der Waals surface area contributed by atoms with Crippen molar-refractivity contribution in [1.82, 2.24) is 20.9 Å². The van der Waals surface area contributed by atoms with Gasteiger partial charge in [-0.3, -0.25) is 14.4 Å². The number of alkyl carbamates (subject to hydrolysis) is 1. The summed E-state index contributed by atoms with van der Waals surface area (Å²) in [7, 11) is 2.76. The Morgan fingerprint density at radius 2 is 1.41 bits per heavy atom. The summed E-state index contributed by atoms with van der Waals surface area (Å²) >= 11 is 17.4. The van der Waals surface area contributed by atoms with Crippen LogP contribution in [-0.2, 0) is 46.4 Å². The second-order valence-electron chi connectivity index (χ2n) is 13.6. The molecule has 14 nitrogen and oxygen atoms in total. The number of aliphatic hydroxyl groups is 1.